The zero-order chi connectivity index (χ0) is 14.8. The first kappa shape index (κ1) is 15.8. The van der Waals surface area contributed by atoms with Crippen LogP contribution in [0.5, 0.6) is 0 Å². The van der Waals surface area contributed by atoms with Gasteiger partial charge in [0.05, 0.1) is 23.9 Å². The van der Waals surface area contributed by atoms with E-state index in [4.69, 9.17) is 16.0 Å². The molecule has 0 spiro atoms. The molecule has 0 amide bonds. The quantitative estimate of drug-likeness (QED) is 0.703. The molecular formula is C17H29NO2. The molecule has 0 aromatic heterocycles. The second kappa shape index (κ2) is 6.45. The highest BCUT2D eigenvalue weighted by atomic mass is 16.6. The van der Waals surface area contributed by atoms with Crippen LogP contribution in [0, 0.1) is 12.5 Å². The molecule has 2 saturated heterocycles. The summed E-state index contributed by atoms with van der Waals surface area (Å²) in [5.74, 6) is 0.605. The van der Waals surface area contributed by atoms with Crippen molar-refractivity contribution in [2.24, 2.45) is 5.92 Å². The Hall–Kier alpha value is -0.590. The van der Waals surface area contributed by atoms with Crippen LogP contribution in [0.3, 0.4) is 0 Å². The van der Waals surface area contributed by atoms with Gasteiger partial charge in [-0.3, -0.25) is 0 Å². The van der Waals surface area contributed by atoms with Crippen LogP contribution in [-0.4, -0.2) is 30.0 Å². The van der Waals surface area contributed by atoms with Gasteiger partial charge in [-0.1, -0.05) is 27.2 Å². The van der Waals surface area contributed by atoms with E-state index in [-0.39, 0.29) is 23.9 Å². The maximum atomic E-state index is 7.13. The van der Waals surface area contributed by atoms with E-state index in [9.17, 15) is 0 Å². The third kappa shape index (κ3) is 3.02. The summed E-state index contributed by atoms with van der Waals surface area (Å²) in [6.45, 7) is 15.9. The van der Waals surface area contributed by atoms with Gasteiger partial charge in [-0.05, 0) is 25.2 Å². The summed E-state index contributed by atoms with van der Waals surface area (Å²) >= 11 is 0. The van der Waals surface area contributed by atoms with Gasteiger partial charge in [0, 0.05) is 19.8 Å². The summed E-state index contributed by atoms with van der Waals surface area (Å²) in [6, 6.07) is 0.0677. The molecule has 2 aliphatic rings. The number of fused-ring (bicyclic) bond motifs is 1. The maximum Gasteiger partial charge on any atom is 0.223 e. The lowest BCUT2D eigenvalue weighted by molar-refractivity contribution is -0.169. The standard InChI is InChI=1S/C17H29NO2/c1-6-12(3)15-11-17(7-2)16(19-15)9-8-14(20-17)10-13(4)18-5/h12-16H,6-11H2,1-4H3/t12-,13-,14-,15-,16+,17+/m1/s1. The summed E-state index contributed by atoms with van der Waals surface area (Å²) in [7, 11) is 0. The molecule has 0 saturated carbocycles. The van der Waals surface area contributed by atoms with Gasteiger partial charge in [0.1, 0.15) is 0 Å². The summed E-state index contributed by atoms with van der Waals surface area (Å²) in [5.41, 5.74) is -0.0846. The SMILES string of the molecule is [C-]#[N+][C@H](C)C[C@H]1CC[C@@H]2O[C@@H]([C@H](C)CC)C[C@]2(CC)O1. The highest BCUT2D eigenvalue weighted by Gasteiger charge is 2.52. The molecule has 2 aliphatic heterocycles. The van der Waals surface area contributed by atoms with E-state index >= 15 is 0 Å². The Morgan fingerprint density at radius 2 is 2.05 bits per heavy atom. The van der Waals surface area contributed by atoms with Crippen LogP contribution in [0.15, 0.2) is 0 Å². The fourth-order valence-corrected chi connectivity index (χ4v) is 3.69. The molecule has 0 bridgehead atoms. The maximum absolute atomic E-state index is 7.13. The molecule has 0 N–H and O–H groups in total. The fraction of sp³-hybridized carbons (Fsp3) is 0.941. The zero-order valence-corrected chi connectivity index (χ0v) is 13.4. The van der Waals surface area contributed by atoms with Crippen molar-refractivity contribution in [1.29, 1.82) is 0 Å². The fourth-order valence-electron chi connectivity index (χ4n) is 3.69. The third-order valence-corrected chi connectivity index (χ3v) is 5.33. The van der Waals surface area contributed by atoms with Crippen LogP contribution >= 0.6 is 0 Å². The Labute approximate surface area is 123 Å². The van der Waals surface area contributed by atoms with Crippen molar-refractivity contribution < 1.29 is 9.47 Å². The lowest BCUT2D eigenvalue weighted by Crippen LogP contribution is -2.48. The summed E-state index contributed by atoms with van der Waals surface area (Å²) in [6.07, 6.45) is 7.08. The van der Waals surface area contributed by atoms with E-state index in [0.717, 1.165) is 38.5 Å². The average molecular weight is 279 g/mol. The largest absolute Gasteiger partial charge is 0.372 e. The first-order chi connectivity index (χ1) is 9.54. The van der Waals surface area contributed by atoms with Gasteiger partial charge in [-0.25, -0.2) is 6.57 Å². The Bertz CT molecular complexity index is 364. The molecule has 2 rings (SSSR count). The molecule has 3 nitrogen and oxygen atoms in total. The highest BCUT2D eigenvalue weighted by molar-refractivity contribution is 5.01. The number of rotatable bonds is 5. The minimum absolute atomic E-state index is 0.0677. The van der Waals surface area contributed by atoms with Gasteiger partial charge in [0.15, 0.2) is 0 Å². The monoisotopic (exact) mass is 279 g/mol. The van der Waals surface area contributed by atoms with Gasteiger partial charge in [-0.2, -0.15) is 0 Å². The lowest BCUT2D eigenvalue weighted by Gasteiger charge is -2.41. The van der Waals surface area contributed by atoms with Crippen molar-refractivity contribution in [3.05, 3.63) is 11.4 Å². The Morgan fingerprint density at radius 3 is 2.65 bits per heavy atom. The minimum atomic E-state index is -0.0846. The number of nitrogens with zero attached hydrogens (tertiary/aromatic N) is 1. The Balaban J connectivity index is 2.04. The van der Waals surface area contributed by atoms with Gasteiger partial charge in [0.2, 0.25) is 6.04 Å². The summed E-state index contributed by atoms with van der Waals surface area (Å²) in [4.78, 5) is 3.61. The lowest BCUT2D eigenvalue weighted by atomic mass is 9.82. The highest BCUT2D eigenvalue weighted by Crippen LogP contribution is 2.46. The molecule has 2 heterocycles. The van der Waals surface area contributed by atoms with E-state index in [2.05, 4.69) is 25.6 Å². The number of hydrogen-bond donors (Lipinski definition) is 0. The second-order valence-corrected chi connectivity index (χ2v) is 6.70. The minimum Gasteiger partial charge on any atom is -0.372 e. The van der Waals surface area contributed by atoms with E-state index in [1.165, 1.54) is 0 Å². The molecule has 0 aliphatic carbocycles. The molecule has 114 valence electrons. The number of hydrogen-bond acceptors (Lipinski definition) is 2. The van der Waals surface area contributed by atoms with Crippen LogP contribution in [0.2, 0.25) is 0 Å². The molecular weight excluding hydrogens is 250 g/mol. The van der Waals surface area contributed by atoms with Crippen molar-refractivity contribution in [1.82, 2.24) is 0 Å². The molecule has 0 aromatic carbocycles. The van der Waals surface area contributed by atoms with Crippen molar-refractivity contribution in [3.8, 4) is 0 Å². The van der Waals surface area contributed by atoms with Crippen molar-refractivity contribution in [2.75, 3.05) is 0 Å². The first-order valence-corrected chi connectivity index (χ1v) is 8.24. The second-order valence-electron chi connectivity index (χ2n) is 6.70. The normalized spacial score (nSPS) is 39.9. The average Bonchev–Trinajstić information content (AvgIpc) is 2.85. The molecule has 0 radical (unpaired) electrons. The Morgan fingerprint density at radius 1 is 1.30 bits per heavy atom. The van der Waals surface area contributed by atoms with Gasteiger partial charge < -0.3 is 14.3 Å². The van der Waals surface area contributed by atoms with E-state index < -0.39 is 0 Å². The first-order valence-electron chi connectivity index (χ1n) is 8.24. The summed E-state index contributed by atoms with van der Waals surface area (Å²) < 4.78 is 12.8. The zero-order valence-electron chi connectivity index (χ0n) is 13.4. The van der Waals surface area contributed by atoms with E-state index in [1.807, 2.05) is 6.92 Å². The molecule has 6 atom stereocenters. The van der Waals surface area contributed by atoms with Crippen molar-refractivity contribution in [3.63, 3.8) is 0 Å². The van der Waals surface area contributed by atoms with Crippen LogP contribution in [0.25, 0.3) is 4.85 Å². The van der Waals surface area contributed by atoms with Crippen LogP contribution in [0.1, 0.15) is 66.2 Å². The van der Waals surface area contributed by atoms with Crippen LogP contribution in [0.4, 0.5) is 0 Å². The Kier molecular flexibility index (Phi) is 5.09. The van der Waals surface area contributed by atoms with Crippen molar-refractivity contribution >= 4 is 0 Å². The molecule has 20 heavy (non-hydrogen) atoms. The van der Waals surface area contributed by atoms with E-state index in [1.54, 1.807) is 0 Å². The predicted octanol–water partition coefficient (Wildman–Crippen LogP) is 4.22. The van der Waals surface area contributed by atoms with Gasteiger partial charge in [0.25, 0.3) is 0 Å². The summed E-state index contributed by atoms with van der Waals surface area (Å²) in [5, 5.41) is 0. The van der Waals surface area contributed by atoms with Crippen LogP contribution < -0.4 is 0 Å². The molecule has 2 fully saturated rings. The van der Waals surface area contributed by atoms with Crippen LogP contribution in [-0.2, 0) is 9.47 Å². The van der Waals surface area contributed by atoms with Crippen molar-refractivity contribution in [2.45, 2.75) is 96.2 Å². The topological polar surface area (TPSA) is 22.8 Å². The van der Waals surface area contributed by atoms with Gasteiger partial charge in [-0.15, -0.1) is 0 Å². The third-order valence-electron chi connectivity index (χ3n) is 5.33. The predicted molar refractivity (Wildman–Crippen MR) is 80.5 cm³/mol. The number of ether oxygens (including phenoxy) is 2. The molecule has 0 unspecified atom stereocenters. The molecule has 3 heteroatoms. The smallest absolute Gasteiger partial charge is 0.223 e. The van der Waals surface area contributed by atoms with Gasteiger partial charge >= 0.3 is 0 Å². The molecule has 0 aromatic rings. The van der Waals surface area contributed by atoms with E-state index in [0.29, 0.717) is 12.0 Å².